The van der Waals surface area contributed by atoms with Gasteiger partial charge in [-0.3, -0.25) is 0 Å². The van der Waals surface area contributed by atoms with Gasteiger partial charge in [0.1, 0.15) is 40.2 Å². The third-order valence-electron chi connectivity index (χ3n) is 14.3. The number of piperidine rings is 2. The zero-order valence-corrected chi connectivity index (χ0v) is 38.0. The fraction of sp³-hybridized carbons (Fsp3) is 0.511. The van der Waals surface area contributed by atoms with Crippen LogP contribution < -0.4 is 24.9 Å². The van der Waals surface area contributed by atoms with Crippen molar-refractivity contribution >= 4 is 64.5 Å². The first kappa shape index (κ1) is 41.9. The number of carbonyl (C=O) groups excluding carboxylic acids is 1. The zero-order valence-electron chi connectivity index (χ0n) is 36.4. The number of alkyl carbamates (subject to hydrolysis) is 1. The molecule has 2 aliphatic carbocycles. The maximum absolute atomic E-state index is 11.6. The summed E-state index contributed by atoms with van der Waals surface area (Å²) in [6.45, 7) is 13.8. The lowest BCUT2D eigenvalue weighted by Crippen LogP contribution is -2.48. The Morgan fingerprint density at radius 2 is 1.24 bits per heavy atom. The molecule has 3 saturated heterocycles. The van der Waals surface area contributed by atoms with E-state index in [2.05, 4.69) is 83.0 Å². The van der Waals surface area contributed by atoms with Crippen LogP contribution in [0.5, 0.6) is 0 Å². The summed E-state index contributed by atoms with van der Waals surface area (Å²) in [5.41, 5.74) is 10.4. The Balaban J connectivity index is 0.000000150. The number of rotatable bonds is 5. The molecule has 2 N–H and O–H groups in total. The molecule has 11 rings (SSSR count). The van der Waals surface area contributed by atoms with Gasteiger partial charge in [-0.1, -0.05) is 47.5 Å². The summed E-state index contributed by atoms with van der Waals surface area (Å²) in [5, 5.41) is 14.3. The number of nitrogens with one attached hydrogen (secondary N) is 1. The molecule has 63 heavy (non-hydrogen) atoms. The summed E-state index contributed by atoms with van der Waals surface area (Å²) in [6.07, 6.45) is 18.6. The molecule has 2 atom stereocenters. The summed E-state index contributed by atoms with van der Waals surface area (Å²) in [7, 11) is 0. The topological polar surface area (TPSA) is 149 Å². The van der Waals surface area contributed by atoms with Crippen LogP contribution in [0.1, 0.15) is 98.4 Å². The molecule has 0 bridgehead atoms. The van der Waals surface area contributed by atoms with Crippen molar-refractivity contribution in [3.8, 4) is 0 Å². The number of carbonyl (C=O) groups is 1. The molecular weight excluding hydrogens is 837 g/mol. The number of allylic oxidation sites excluding steroid dienone is 2. The minimum absolute atomic E-state index is 0.287. The zero-order chi connectivity index (χ0) is 43.6. The van der Waals surface area contributed by atoms with Gasteiger partial charge in [0, 0.05) is 124 Å². The van der Waals surface area contributed by atoms with Crippen LogP contribution in [-0.2, 0) is 43.5 Å². The molecule has 14 nitrogen and oxygen atoms in total. The number of halogens is 2. The molecule has 7 aliphatic rings. The average molecular weight is 893 g/mol. The predicted octanol–water partition coefficient (Wildman–Crippen LogP) is 7.16. The van der Waals surface area contributed by atoms with Gasteiger partial charge in [-0.05, 0) is 58.6 Å². The lowest BCUT2D eigenvalue weighted by atomic mass is 9.83. The molecule has 0 saturated carbocycles. The van der Waals surface area contributed by atoms with E-state index >= 15 is 0 Å². The summed E-state index contributed by atoms with van der Waals surface area (Å²) in [4.78, 5) is 48.8. The maximum atomic E-state index is 11.6. The molecule has 4 aromatic rings. The molecule has 0 aromatic carbocycles. The smallest absolute Gasteiger partial charge is 0.407 e. The summed E-state index contributed by atoms with van der Waals surface area (Å²) in [6, 6.07) is 4.58. The van der Waals surface area contributed by atoms with Gasteiger partial charge >= 0.3 is 6.09 Å². The van der Waals surface area contributed by atoms with Gasteiger partial charge in [-0.15, -0.1) is 0 Å². The van der Waals surface area contributed by atoms with Crippen molar-refractivity contribution in [1.29, 1.82) is 0 Å². The molecule has 3 fully saturated rings. The first-order valence-corrected chi connectivity index (χ1v) is 23.2. The lowest BCUT2D eigenvalue weighted by molar-refractivity contribution is 0.00643. The summed E-state index contributed by atoms with van der Waals surface area (Å²) in [5.74, 6) is 2.36. The number of ether oxygens (including phenoxy) is 1. The normalized spacial score (nSPS) is 22.3. The van der Waals surface area contributed by atoms with E-state index in [1.807, 2.05) is 26.0 Å². The van der Waals surface area contributed by atoms with Gasteiger partial charge in [-0.25, -0.2) is 34.7 Å². The molecular formula is C47H55Cl2N11O3. The van der Waals surface area contributed by atoms with E-state index in [-0.39, 0.29) is 17.7 Å². The standard InChI is InChI=1S/C24H30ClN5O.C23H25ClN6O2/c1-15-11-20-18(13-30(15)21-12-22(25)28-19-6-4-5-17(19)21)23(27-14-26-20)29-9-7-16(8-10-29)24(2,3)31;1-14-9-18-16(11-30(14)19-10-20(24)28-17-4-2-3-15(17)19)21(27-13-26-18)29-7-5-23(6-8-29)12-25-22(31)32-23/h4-5,12,14-16,31H,6-11,13H2,1-3H3;2-3,10,13-14H,4-9,11-12H2,1H3,(H,25,31)/t15-;14-/m11/s1. The summed E-state index contributed by atoms with van der Waals surface area (Å²) < 4.78 is 5.59. The molecule has 9 heterocycles. The van der Waals surface area contributed by atoms with E-state index in [1.165, 1.54) is 22.3 Å². The molecule has 0 radical (unpaired) electrons. The Hall–Kier alpha value is -5.05. The van der Waals surface area contributed by atoms with Crippen molar-refractivity contribution < 1.29 is 14.6 Å². The van der Waals surface area contributed by atoms with E-state index in [4.69, 9.17) is 37.9 Å². The molecule has 4 aromatic heterocycles. The Bertz CT molecular complexity index is 2490. The van der Waals surface area contributed by atoms with E-state index < -0.39 is 5.60 Å². The number of pyridine rings is 2. The second kappa shape index (κ2) is 16.5. The first-order chi connectivity index (χ1) is 30.3. The highest BCUT2D eigenvalue weighted by Crippen LogP contribution is 2.41. The van der Waals surface area contributed by atoms with Gasteiger partial charge in [0.25, 0.3) is 0 Å². The SMILES string of the molecule is C[C@@H]1Cc2ncnc(N3CCC(C(C)(C)O)CC3)c2CN1c1cc(Cl)nc2c1C=CC2.C[C@@H]1Cc2ncnc(N3CCC4(CC3)CNC(=O)O4)c2CN1c1cc(Cl)nc2c1C=CC2. The van der Waals surface area contributed by atoms with E-state index in [0.717, 1.165) is 136 Å². The van der Waals surface area contributed by atoms with E-state index in [1.54, 1.807) is 12.7 Å². The minimum atomic E-state index is -0.627. The molecule has 330 valence electrons. The van der Waals surface area contributed by atoms with Gasteiger partial charge in [0.2, 0.25) is 0 Å². The first-order valence-electron chi connectivity index (χ1n) is 22.4. The highest BCUT2D eigenvalue weighted by atomic mass is 35.5. The second-order valence-corrected chi connectivity index (χ2v) is 19.6. The number of amides is 1. The third-order valence-corrected chi connectivity index (χ3v) is 14.7. The van der Waals surface area contributed by atoms with Crippen LogP contribution in [0.2, 0.25) is 10.3 Å². The van der Waals surface area contributed by atoms with Crippen molar-refractivity contribution in [2.45, 2.75) is 115 Å². The van der Waals surface area contributed by atoms with Crippen LogP contribution in [0.25, 0.3) is 12.2 Å². The van der Waals surface area contributed by atoms with E-state index in [0.29, 0.717) is 28.8 Å². The number of aliphatic hydroxyl groups is 1. The quantitative estimate of drug-likeness (QED) is 0.196. The van der Waals surface area contributed by atoms with Crippen molar-refractivity contribution in [2.24, 2.45) is 5.92 Å². The largest absolute Gasteiger partial charge is 0.441 e. The fourth-order valence-electron chi connectivity index (χ4n) is 10.7. The molecule has 1 amide bonds. The lowest BCUT2D eigenvalue weighted by Gasteiger charge is -2.41. The molecule has 16 heteroatoms. The number of nitrogens with zero attached hydrogens (tertiary/aromatic N) is 10. The molecule has 0 unspecified atom stereocenters. The third kappa shape index (κ3) is 8.07. The Morgan fingerprint density at radius 3 is 1.70 bits per heavy atom. The Labute approximate surface area is 378 Å². The Morgan fingerprint density at radius 1 is 0.746 bits per heavy atom. The molecule has 1 spiro atoms. The minimum Gasteiger partial charge on any atom is -0.441 e. The fourth-order valence-corrected chi connectivity index (χ4v) is 11.1. The van der Waals surface area contributed by atoms with Gasteiger partial charge in [0.05, 0.1) is 34.9 Å². The van der Waals surface area contributed by atoms with Crippen LogP contribution in [0, 0.1) is 5.92 Å². The average Bonchev–Trinajstić information content (AvgIpc) is 4.03. The highest BCUT2D eigenvalue weighted by molar-refractivity contribution is 6.30. The van der Waals surface area contributed by atoms with Gasteiger partial charge in [0.15, 0.2) is 0 Å². The van der Waals surface area contributed by atoms with Crippen LogP contribution >= 0.6 is 23.2 Å². The van der Waals surface area contributed by atoms with Crippen LogP contribution in [0.3, 0.4) is 0 Å². The highest BCUT2D eigenvalue weighted by Gasteiger charge is 2.44. The Kier molecular flexibility index (Phi) is 11.0. The van der Waals surface area contributed by atoms with Gasteiger partial charge < -0.3 is 34.8 Å². The number of hydrogen-bond donors (Lipinski definition) is 2. The van der Waals surface area contributed by atoms with Crippen molar-refractivity contribution in [3.63, 3.8) is 0 Å². The monoisotopic (exact) mass is 891 g/mol. The predicted molar refractivity (Wildman–Crippen MR) is 247 cm³/mol. The van der Waals surface area contributed by atoms with Gasteiger partial charge in [-0.2, -0.15) is 0 Å². The maximum Gasteiger partial charge on any atom is 0.407 e. The van der Waals surface area contributed by atoms with Crippen LogP contribution in [0.15, 0.2) is 36.9 Å². The van der Waals surface area contributed by atoms with E-state index in [9.17, 15) is 9.90 Å². The van der Waals surface area contributed by atoms with Crippen LogP contribution in [-0.4, -0.2) is 97.1 Å². The second-order valence-electron chi connectivity index (χ2n) is 18.8. The van der Waals surface area contributed by atoms with Crippen molar-refractivity contribution in [3.05, 3.63) is 92.3 Å². The number of hydrogen-bond acceptors (Lipinski definition) is 13. The number of anilines is 4. The van der Waals surface area contributed by atoms with Crippen molar-refractivity contribution in [1.82, 2.24) is 35.2 Å². The van der Waals surface area contributed by atoms with Crippen molar-refractivity contribution in [2.75, 3.05) is 52.3 Å². The summed E-state index contributed by atoms with van der Waals surface area (Å²) >= 11 is 12.8. The molecule has 5 aliphatic heterocycles. The van der Waals surface area contributed by atoms with Crippen LogP contribution in [0.4, 0.5) is 27.8 Å². The number of fused-ring (bicyclic) bond motifs is 4. The number of aromatic nitrogens is 6.